The minimum atomic E-state index is -3.26. The molecule has 1 atom stereocenters. The van der Waals surface area contributed by atoms with Crippen LogP contribution in [0.3, 0.4) is 0 Å². The summed E-state index contributed by atoms with van der Waals surface area (Å²) < 4.78 is 30.5. The fraction of sp³-hybridized carbons (Fsp3) is 0.556. The minimum Gasteiger partial charge on any atom is -0.482 e. The van der Waals surface area contributed by atoms with Crippen LogP contribution in [0.15, 0.2) is 24.3 Å². The second kappa shape index (κ2) is 9.70. The third kappa shape index (κ3) is 6.51. The van der Waals surface area contributed by atoms with E-state index in [9.17, 15) is 18.0 Å². The molecule has 2 rings (SSSR count). The lowest BCUT2D eigenvalue weighted by Gasteiger charge is -2.30. The van der Waals surface area contributed by atoms with Crippen LogP contribution in [0.4, 0.5) is 0 Å². The number of hydrogen-bond donors (Lipinski definition) is 2. The Hall–Kier alpha value is -2.13. The molecule has 1 aromatic rings. The maximum Gasteiger partial charge on any atom is 0.341 e. The van der Waals surface area contributed by atoms with Crippen molar-refractivity contribution in [2.45, 2.75) is 26.2 Å². The number of carboxylic acid groups (broad SMARTS) is 1. The summed E-state index contributed by atoms with van der Waals surface area (Å²) in [6.45, 7) is 2.40. The summed E-state index contributed by atoms with van der Waals surface area (Å²) in [5.41, 5.74) is 0.983. The molecule has 27 heavy (non-hydrogen) atoms. The second-order valence-corrected chi connectivity index (χ2v) is 8.72. The molecule has 2 N–H and O–H groups in total. The number of hydrogen-bond acceptors (Lipinski definition) is 5. The number of piperidine rings is 1. The molecule has 8 nitrogen and oxygen atoms in total. The van der Waals surface area contributed by atoms with E-state index in [0.717, 1.165) is 5.56 Å². The highest BCUT2D eigenvalue weighted by molar-refractivity contribution is 7.89. The normalized spacial score (nSPS) is 18.0. The molecule has 0 aromatic heterocycles. The van der Waals surface area contributed by atoms with Crippen molar-refractivity contribution in [3.63, 3.8) is 0 Å². The maximum absolute atomic E-state index is 12.3. The molecule has 0 aliphatic carbocycles. The van der Waals surface area contributed by atoms with Gasteiger partial charge >= 0.3 is 5.97 Å². The molecule has 1 saturated heterocycles. The van der Waals surface area contributed by atoms with E-state index in [1.807, 2.05) is 12.1 Å². The van der Waals surface area contributed by atoms with Gasteiger partial charge in [0.25, 0.3) is 0 Å². The summed E-state index contributed by atoms with van der Waals surface area (Å²) in [4.78, 5) is 22.8. The van der Waals surface area contributed by atoms with Crippen molar-refractivity contribution in [1.82, 2.24) is 9.62 Å². The number of aliphatic carboxylic acids is 1. The van der Waals surface area contributed by atoms with E-state index in [1.165, 1.54) is 4.31 Å². The summed E-state index contributed by atoms with van der Waals surface area (Å²) in [5.74, 6) is -0.938. The first-order valence-electron chi connectivity index (χ1n) is 9.01. The number of amides is 1. The Kier molecular flexibility index (Phi) is 7.61. The third-order valence-electron chi connectivity index (χ3n) is 4.51. The van der Waals surface area contributed by atoms with Crippen LogP contribution in [0.2, 0.25) is 0 Å². The van der Waals surface area contributed by atoms with Crippen LogP contribution >= 0.6 is 0 Å². The van der Waals surface area contributed by atoms with Crippen LogP contribution in [0.1, 0.15) is 25.3 Å². The summed E-state index contributed by atoms with van der Waals surface area (Å²) in [6.07, 6.45) is 2.00. The first-order valence-corrected chi connectivity index (χ1v) is 10.6. The van der Waals surface area contributed by atoms with E-state index in [1.54, 1.807) is 19.1 Å². The lowest BCUT2D eigenvalue weighted by atomic mass is 9.99. The highest BCUT2D eigenvalue weighted by Gasteiger charge is 2.31. The molecule has 1 unspecified atom stereocenters. The second-order valence-electron chi connectivity index (χ2n) is 6.47. The van der Waals surface area contributed by atoms with Crippen molar-refractivity contribution < 1.29 is 27.9 Å². The Morgan fingerprint density at radius 1 is 1.30 bits per heavy atom. The van der Waals surface area contributed by atoms with Gasteiger partial charge in [0.2, 0.25) is 15.9 Å². The Morgan fingerprint density at radius 3 is 2.63 bits per heavy atom. The highest BCUT2D eigenvalue weighted by atomic mass is 32.2. The number of benzene rings is 1. The Morgan fingerprint density at radius 2 is 2.00 bits per heavy atom. The summed E-state index contributed by atoms with van der Waals surface area (Å²) in [5, 5.41) is 11.5. The number of sulfonamides is 1. The molecule has 150 valence electrons. The van der Waals surface area contributed by atoms with E-state index < -0.39 is 16.0 Å². The van der Waals surface area contributed by atoms with Gasteiger partial charge in [0.05, 0.1) is 11.7 Å². The molecule has 1 fully saturated rings. The molecule has 0 bridgehead atoms. The number of rotatable bonds is 9. The average molecular weight is 398 g/mol. The van der Waals surface area contributed by atoms with Gasteiger partial charge < -0.3 is 15.2 Å². The molecule has 0 spiro atoms. The van der Waals surface area contributed by atoms with Gasteiger partial charge in [-0.2, -0.15) is 0 Å². The van der Waals surface area contributed by atoms with Crippen LogP contribution in [0, 0.1) is 5.92 Å². The van der Waals surface area contributed by atoms with Gasteiger partial charge in [-0.1, -0.05) is 12.1 Å². The van der Waals surface area contributed by atoms with Crippen molar-refractivity contribution in [2.24, 2.45) is 5.92 Å². The van der Waals surface area contributed by atoms with E-state index in [0.29, 0.717) is 38.1 Å². The van der Waals surface area contributed by atoms with Crippen molar-refractivity contribution in [3.05, 3.63) is 29.8 Å². The van der Waals surface area contributed by atoms with Crippen LogP contribution < -0.4 is 10.1 Å². The SMILES string of the molecule is CCS(=O)(=O)N1CCCC(C(=O)NCCc2ccc(OCC(=O)O)cc2)C1. The lowest BCUT2D eigenvalue weighted by molar-refractivity contribution is -0.139. The van der Waals surface area contributed by atoms with Gasteiger partial charge in [0.15, 0.2) is 6.61 Å². The van der Waals surface area contributed by atoms with Crippen LogP contribution in [-0.4, -0.2) is 61.7 Å². The quantitative estimate of drug-likeness (QED) is 0.638. The Bertz CT molecular complexity index is 748. The number of nitrogens with one attached hydrogen (secondary N) is 1. The molecule has 0 radical (unpaired) electrons. The highest BCUT2D eigenvalue weighted by Crippen LogP contribution is 2.19. The van der Waals surface area contributed by atoms with Crippen LogP contribution in [0.25, 0.3) is 0 Å². The molecular formula is C18H26N2O6S. The van der Waals surface area contributed by atoms with Crippen LogP contribution in [-0.2, 0) is 26.0 Å². The largest absolute Gasteiger partial charge is 0.482 e. The molecule has 1 amide bonds. The van der Waals surface area contributed by atoms with Crippen molar-refractivity contribution >= 4 is 21.9 Å². The summed E-state index contributed by atoms with van der Waals surface area (Å²) in [6, 6.07) is 7.02. The fourth-order valence-corrected chi connectivity index (χ4v) is 4.14. The van der Waals surface area contributed by atoms with Gasteiger partial charge in [-0.15, -0.1) is 0 Å². The first kappa shape index (κ1) is 21.2. The van der Waals surface area contributed by atoms with Gasteiger partial charge in [0, 0.05) is 19.6 Å². The van der Waals surface area contributed by atoms with E-state index in [4.69, 9.17) is 9.84 Å². The van der Waals surface area contributed by atoms with Gasteiger partial charge in [-0.3, -0.25) is 4.79 Å². The first-order chi connectivity index (χ1) is 12.8. The van der Waals surface area contributed by atoms with Gasteiger partial charge in [-0.05, 0) is 43.9 Å². The Balaban J connectivity index is 1.77. The third-order valence-corrected chi connectivity index (χ3v) is 6.36. The van der Waals surface area contributed by atoms with E-state index in [2.05, 4.69) is 5.32 Å². The molecule has 0 saturated carbocycles. The number of carbonyl (C=O) groups excluding carboxylic acids is 1. The molecule has 1 aliphatic rings. The Labute approximate surface area is 159 Å². The molecule has 1 aromatic carbocycles. The summed E-state index contributed by atoms with van der Waals surface area (Å²) >= 11 is 0. The minimum absolute atomic E-state index is 0.0491. The van der Waals surface area contributed by atoms with Gasteiger partial charge in [-0.25, -0.2) is 17.5 Å². The van der Waals surface area contributed by atoms with Crippen molar-refractivity contribution in [1.29, 1.82) is 0 Å². The van der Waals surface area contributed by atoms with Crippen molar-refractivity contribution in [3.8, 4) is 5.75 Å². The smallest absolute Gasteiger partial charge is 0.341 e. The molecule has 1 aliphatic heterocycles. The molecular weight excluding hydrogens is 372 g/mol. The molecule has 9 heteroatoms. The zero-order valence-corrected chi connectivity index (χ0v) is 16.2. The molecule has 1 heterocycles. The van der Waals surface area contributed by atoms with Gasteiger partial charge in [0.1, 0.15) is 5.75 Å². The van der Waals surface area contributed by atoms with E-state index in [-0.39, 0.29) is 30.7 Å². The predicted octanol–water partition coefficient (Wildman–Crippen LogP) is 0.870. The zero-order chi connectivity index (χ0) is 19.9. The fourth-order valence-electron chi connectivity index (χ4n) is 2.96. The number of ether oxygens (including phenoxy) is 1. The standard InChI is InChI=1S/C18H26N2O6S/c1-2-27(24,25)20-11-3-4-15(12-20)18(23)19-10-9-14-5-7-16(8-6-14)26-13-17(21)22/h5-8,15H,2-4,9-13H2,1H3,(H,19,23)(H,21,22). The zero-order valence-electron chi connectivity index (χ0n) is 15.4. The maximum atomic E-state index is 12.3. The summed E-state index contributed by atoms with van der Waals surface area (Å²) in [7, 11) is -3.26. The van der Waals surface area contributed by atoms with E-state index >= 15 is 0 Å². The van der Waals surface area contributed by atoms with Crippen molar-refractivity contribution in [2.75, 3.05) is 32.0 Å². The topological polar surface area (TPSA) is 113 Å². The average Bonchev–Trinajstić information content (AvgIpc) is 2.67. The van der Waals surface area contributed by atoms with Crippen LogP contribution in [0.5, 0.6) is 5.75 Å². The predicted molar refractivity (Wildman–Crippen MR) is 100 cm³/mol. The number of carboxylic acids is 1. The number of nitrogens with zero attached hydrogens (tertiary/aromatic N) is 1. The lowest BCUT2D eigenvalue weighted by Crippen LogP contribution is -2.46. The monoisotopic (exact) mass is 398 g/mol. The number of carbonyl (C=O) groups is 2.